The monoisotopic (exact) mass is 526 g/mol. The number of nitrogens with zero attached hydrogens (tertiary/aromatic N) is 4. The summed E-state index contributed by atoms with van der Waals surface area (Å²) < 4.78 is 37.9. The number of rotatable bonds is 12. The third-order valence-electron chi connectivity index (χ3n) is 5.87. The molecule has 1 aliphatic rings. The highest BCUT2D eigenvalue weighted by molar-refractivity contribution is 7.85. The maximum absolute atomic E-state index is 12.1. The number of aromatic nitrogens is 4. The Labute approximate surface area is 210 Å². The van der Waals surface area contributed by atoms with Crippen LogP contribution in [0.15, 0.2) is 30.7 Å². The third kappa shape index (κ3) is 8.01. The minimum absolute atomic E-state index is 0.107. The van der Waals surface area contributed by atoms with Crippen LogP contribution in [0.4, 0.5) is 0 Å². The number of amides is 1. The van der Waals surface area contributed by atoms with Gasteiger partial charge in [-0.1, -0.05) is 19.1 Å². The molecule has 0 spiro atoms. The van der Waals surface area contributed by atoms with E-state index in [9.17, 15) is 23.4 Å². The summed E-state index contributed by atoms with van der Waals surface area (Å²) in [6.07, 6.45) is 3.10. The van der Waals surface area contributed by atoms with E-state index < -0.39 is 47.2 Å². The van der Waals surface area contributed by atoms with Crippen LogP contribution in [-0.4, -0.2) is 82.1 Å². The van der Waals surface area contributed by atoms with Crippen LogP contribution in [0.2, 0.25) is 0 Å². The van der Waals surface area contributed by atoms with Crippen molar-refractivity contribution in [1.29, 1.82) is 0 Å². The predicted molar refractivity (Wildman–Crippen MR) is 128 cm³/mol. The summed E-state index contributed by atoms with van der Waals surface area (Å²) in [5, 5.41) is 29.2. The summed E-state index contributed by atoms with van der Waals surface area (Å²) in [5.41, 5.74) is 7.25. The Morgan fingerprint density at radius 2 is 2.14 bits per heavy atom. The molecule has 0 unspecified atom stereocenters. The number of hydrogen-bond donors (Lipinski definition) is 4. The largest absolute Gasteiger partial charge is 0.390 e. The molecule has 0 aliphatic carbocycles. The standard InChI is InChI=1S/C22H34N6O7S/c1-14(2)9-17(23)22(31)26-36(32,33)35-13-19-21(30)20(29)16(12-34-19)6-4-8-28-11-18(25-27-28)15-5-3-7-24-10-15/h3,5,7,10-11,14,16-17,19-21,29-30H,4,6,8-9,12-13,23H2,1-2H3,(H,26,31)/t16-,17+,19-,20+,21-/m1/s1. The molecule has 3 rings (SSSR count). The first kappa shape index (κ1) is 28.1. The van der Waals surface area contributed by atoms with Gasteiger partial charge in [-0.25, -0.2) is 4.72 Å². The molecule has 200 valence electrons. The number of aryl methyl sites for hydroxylation is 1. The molecule has 5 N–H and O–H groups in total. The molecular weight excluding hydrogens is 492 g/mol. The van der Waals surface area contributed by atoms with Gasteiger partial charge in [0.1, 0.15) is 17.9 Å². The quantitative estimate of drug-likeness (QED) is 0.281. The van der Waals surface area contributed by atoms with Crippen LogP contribution < -0.4 is 10.5 Å². The maximum Gasteiger partial charge on any atom is 0.362 e. The summed E-state index contributed by atoms with van der Waals surface area (Å²) >= 11 is 0. The number of aliphatic hydroxyl groups is 2. The summed E-state index contributed by atoms with van der Waals surface area (Å²) in [4.78, 5) is 16.0. The fraction of sp³-hybridized carbons (Fsp3) is 0.636. The highest BCUT2D eigenvalue weighted by Gasteiger charge is 2.39. The van der Waals surface area contributed by atoms with Gasteiger partial charge in [0.05, 0.1) is 31.6 Å². The van der Waals surface area contributed by atoms with E-state index in [1.807, 2.05) is 32.2 Å². The summed E-state index contributed by atoms with van der Waals surface area (Å²) in [5.74, 6) is -1.13. The number of hydrogen-bond acceptors (Lipinski definition) is 11. The van der Waals surface area contributed by atoms with Gasteiger partial charge < -0.3 is 20.7 Å². The maximum atomic E-state index is 12.1. The van der Waals surface area contributed by atoms with Gasteiger partial charge in [0.25, 0.3) is 5.91 Å². The second-order valence-electron chi connectivity index (χ2n) is 9.30. The van der Waals surface area contributed by atoms with Crippen molar-refractivity contribution in [3.8, 4) is 11.3 Å². The van der Waals surface area contributed by atoms with Crippen LogP contribution in [0.1, 0.15) is 33.1 Å². The Morgan fingerprint density at radius 3 is 2.83 bits per heavy atom. The first-order valence-corrected chi connectivity index (χ1v) is 13.2. The van der Waals surface area contributed by atoms with Crippen LogP contribution in [0.5, 0.6) is 0 Å². The molecule has 1 fully saturated rings. The fourth-order valence-corrected chi connectivity index (χ4v) is 4.68. The van der Waals surface area contributed by atoms with Gasteiger partial charge in [0.2, 0.25) is 0 Å². The smallest absolute Gasteiger partial charge is 0.362 e. The Hall–Kier alpha value is -2.49. The normalized spacial score (nSPS) is 23.5. The minimum Gasteiger partial charge on any atom is -0.390 e. The van der Waals surface area contributed by atoms with E-state index in [1.165, 1.54) is 0 Å². The summed E-state index contributed by atoms with van der Waals surface area (Å²) in [6, 6.07) is 2.71. The van der Waals surface area contributed by atoms with E-state index in [2.05, 4.69) is 15.3 Å². The Bertz CT molecular complexity index is 1080. The van der Waals surface area contributed by atoms with Crippen molar-refractivity contribution in [1.82, 2.24) is 24.7 Å². The van der Waals surface area contributed by atoms with Crippen molar-refractivity contribution in [2.24, 2.45) is 17.6 Å². The summed E-state index contributed by atoms with van der Waals surface area (Å²) in [6.45, 7) is 3.80. The second kappa shape index (κ2) is 12.7. The van der Waals surface area contributed by atoms with E-state index in [0.29, 0.717) is 31.5 Å². The molecule has 0 aromatic carbocycles. The van der Waals surface area contributed by atoms with E-state index in [0.717, 1.165) is 5.56 Å². The lowest BCUT2D eigenvalue weighted by atomic mass is 9.89. The average Bonchev–Trinajstić information content (AvgIpc) is 3.30. The minimum atomic E-state index is -4.45. The molecule has 36 heavy (non-hydrogen) atoms. The highest BCUT2D eigenvalue weighted by atomic mass is 32.2. The van der Waals surface area contributed by atoms with E-state index in [4.69, 9.17) is 14.7 Å². The first-order chi connectivity index (χ1) is 17.1. The Kier molecular flexibility index (Phi) is 9.87. The molecule has 14 heteroatoms. The number of carbonyl (C=O) groups is 1. The Morgan fingerprint density at radius 1 is 1.36 bits per heavy atom. The predicted octanol–water partition coefficient (Wildman–Crippen LogP) is -0.392. The number of ether oxygens (including phenoxy) is 1. The molecule has 5 atom stereocenters. The fourth-order valence-electron chi connectivity index (χ4n) is 3.91. The van der Waals surface area contributed by atoms with Gasteiger partial charge >= 0.3 is 10.3 Å². The molecule has 1 saturated heterocycles. The number of aliphatic hydroxyl groups excluding tert-OH is 2. The van der Waals surface area contributed by atoms with Crippen molar-refractivity contribution in [2.75, 3.05) is 13.2 Å². The summed E-state index contributed by atoms with van der Waals surface area (Å²) in [7, 11) is -4.45. The van der Waals surface area contributed by atoms with Gasteiger partial charge in [0.15, 0.2) is 0 Å². The van der Waals surface area contributed by atoms with Crippen molar-refractivity contribution in [3.05, 3.63) is 30.7 Å². The van der Waals surface area contributed by atoms with Crippen molar-refractivity contribution >= 4 is 16.2 Å². The second-order valence-corrected chi connectivity index (χ2v) is 10.7. The van der Waals surface area contributed by atoms with Crippen LogP contribution in [0, 0.1) is 11.8 Å². The van der Waals surface area contributed by atoms with Gasteiger partial charge in [0, 0.05) is 30.4 Å². The number of nitrogens with one attached hydrogen (secondary N) is 1. The molecule has 2 aromatic heterocycles. The molecular formula is C22H34N6O7S. The van der Waals surface area contributed by atoms with Crippen LogP contribution in [0.3, 0.4) is 0 Å². The molecule has 0 radical (unpaired) electrons. The number of nitrogens with two attached hydrogens (primary N) is 1. The zero-order chi connectivity index (χ0) is 26.3. The average molecular weight is 527 g/mol. The molecule has 1 amide bonds. The topological polar surface area (TPSA) is 192 Å². The lowest BCUT2D eigenvalue weighted by Crippen LogP contribution is -2.52. The Balaban J connectivity index is 1.42. The molecule has 0 saturated carbocycles. The third-order valence-corrected chi connectivity index (χ3v) is 6.77. The lowest BCUT2D eigenvalue weighted by molar-refractivity contribution is -0.173. The lowest BCUT2D eigenvalue weighted by Gasteiger charge is -2.37. The van der Waals surface area contributed by atoms with Gasteiger partial charge in [-0.2, -0.15) is 8.42 Å². The van der Waals surface area contributed by atoms with Gasteiger partial charge in [-0.05, 0) is 37.3 Å². The van der Waals surface area contributed by atoms with E-state index in [1.54, 1.807) is 21.8 Å². The van der Waals surface area contributed by atoms with Crippen LogP contribution >= 0.6 is 0 Å². The molecule has 3 heterocycles. The zero-order valence-electron chi connectivity index (χ0n) is 20.3. The van der Waals surface area contributed by atoms with Crippen LogP contribution in [-0.2, 0) is 30.6 Å². The molecule has 0 bridgehead atoms. The van der Waals surface area contributed by atoms with Crippen molar-refractivity contribution < 1.29 is 32.3 Å². The molecule has 13 nitrogen and oxygen atoms in total. The van der Waals surface area contributed by atoms with Crippen molar-refractivity contribution in [2.45, 2.75) is 64.0 Å². The van der Waals surface area contributed by atoms with E-state index >= 15 is 0 Å². The first-order valence-electron chi connectivity index (χ1n) is 11.8. The number of pyridine rings is 1. The molecule has 2 aromatic rings. The number of carbonyl (C=O) groups excluding carboxylic acids is 1. The zero-order valence-corrected chi connectivity index (χ0v) is 21.1. The van der Waals surface area contributed by atoms with E-state index in [-0.39, 0.29) is 18.4 Å². The van der Waals surface area contributed by atoms with Gasteiger partial charge in [-0.15, -0.1) is 5.10 Å². The SMILES string of the molecule is CC(C)C[C@H](N)C(=O)NS(=O)(=O)OC[C@H]1OC[C@@H](CCCn2cc(-c3cccnc3)nn2)[C@H](O)[C@@H]1O. The molecule has 1 aliphatic heterocycles. The van der Waals surface area contributed by atoms with Crippen molar-refractivity contribution in [3.63, 3.8) is 0 Å². The highest BCUT2D eigenvalue weighted by Crippen LogP contribution is 2.25. The van der Waals surface area contributed by atoms with Gasteiger partial charge in [-0.3, -0.25) is 18.6 Å². The van der Waals surface area contributed by atoms with Crippen LogP contribution in [0.25, 0.3) is 11.3 Å².